The highest BCUT2D eigenvalue weighted by molar-refractivity contribution is 5.35. The Morgan fingerprint density at radius 3 is 3.20 bits per heavy atom. The van der Waals surface area contributed by atoms with Crippen molar-refractivity contribution in [2.75, 3.05) is 25.0 Å². The lowest BCUT2D eigenvalue weighted by atomic mass is 10.2. The number of hydrogen-bond donors (Lipinski definition) is 1. The van der Waals surface area contributed by atoms with E-state index in [-0.39, 0.29) is 0 Å². The average molecular weight is 208 g/mol. The van der Waals surface area contributed by atoms with E-state index in [1.807, 2.05) is 13.2 Å². The third-order valence-electron chi connectivity index (χ3n) is 3.11. The molecule has 1 aliphatic heterocycles. The summed E-state index contributed by atoms with van der Waals surface area (Å²) in [6, 6.07) is 0.614. The predicted octanol–water partition coefficient (Wildman–Crippen LogP) is 1.09. The van der Waals surface area contributed by atoms with E-state index in [0.717, 1.165) is 25.6 Å². The van der Waals surface area contributed by atoms with E-state index in [9.17, 15) is 0 Å². The minimum absolute atomic E-state index is 0.614. The van der Waals surface area contributed by atoms with Gasteiger partial charge in [0.05, 0.1) is 0 Å². The number of aryl methyl sites for hydroxylation is 1. The molecule has 0 amide bonds. The maximum atomic E-state index is 4.46. The van der Waals surface area contributed by atoms with Crippen molar-refractivity contribution in [3.63, 3.8) is 0 Å². The van der Waals surface area contributed by atoms with Gasteiger partial charge in [0.1, 0.15) is 0 Å². The number of hydrogen-bond acceptors (Lipinski definition) is 3. The summed E-state index contributed by atoms with van der Waals surface area (Å²) in [7, 11) is 2.02. The summed E-state index contributed by atoms with van der Waals surface area (Å²) in [6.45, 7) is 5.35. The molecule has 1 saturated heterocycles. The van der Waals surface area contributed by atoms with Crippen LogP contribution in [-0.4, -0.2) is 35.7 Å². The number of rotatable bonds is 4. The fraction of sp³-hybridized carbons (Fsp3) is 0.727. The highest BCUT2D eigenvalue weighted by Crippen LogP contribution is 2.23. The summed E-state index contributed by atoms with van der Waals surface area (Å²) in [5, 5.41) is 3.26. The van der Waals surface area contributed by atoms with Gasteiger partial charge < -0.3 is 14.8 Å². The van der Waals surface area contributed by atoms with E-state index in [0.29, 0.717) is 6.04 Å². The van der Waals surface area contributed by atoms with E-state index >= 15 is 0 Å². The lowest BCUT2D eigenvalue weighted by Crippen LogP contribution is -2.38. The van der Waals surface area contributed by atoms with Gasteiger partial charge in [0.25, 0.3) is 0 Å². The zero-order chi connectivity index (χ0) is 10.7. The van der Waals surface area contributed by atoms with Crippen LogP contribution in [0.1, 0.15) is 19.8 Å². The number of imidazole rings is 1. The number of aromatic nitrogens is 2. The Morgan fingerprint density at radius 2 is 2.47 bits per heavy atom. The molecular formula is C11H20N4. The van der Waals surface area contributed by atoms with Crippen LogP contribution in [0.4, 0.5) is 5.95 Å². The molecule has 4 heteroatoms. The topological polar surface area (TPSA) is 33.1 Å². The lowest BCUT2D eigenvalue weighted by Gasteiger charge is -2.25. The van der Waals surface area contributed by atoms with E-state index in [2.05, 4.69) is 32.9 Å². The zero-order valence-corrected chi connectivity index (χ0v) is 9.61. The van der Waals surface area contributed by atoms with Gasteiger partial charge in [-0.05, 0) is 26.8 Å². The Balaban J connectivity index is 2.15. The summed E-state index contributed by atoms with van der Waals surface area (Å²) < 4.78 is 2.22. The van der Waals surface area contributed by atoms with Crippen molar-refractivity contribution in [1.82, 2.24) is 14.9 Å². The molecule has 4 nitrogen and oxygen atoms in total. The third kappa shape index (κ3) is 2.00. The predicted molar refractivity (Wildman–Crippen MR) is 62.2 cm³/mol. The van der Waals surface area contributed by atoms with Crippen LogP contribution >= 0.6 is 0 Å². The van der Waals surface area contributed by atoms with Crippen molar-refractivity contribution >= 4 is 5.95 Å². The Kier molecular flexibility index (Phi) is 3.26. The fourth-order valence-corrected chi connectivity index (χ4v) is 2.35. The van der Waals surface area contributed by atoms with Crippen LogP contribution in [0.3, 0.4) is 0 Å². The molecule has 0 aromatic carbocycles. The van der Waals surface area contributed by atoms with Crippen molar-refractivity contribution < 1.29 is 0 Å². The van der Waals surface area contributed by atoms with Crippen LogP contribution in [0.2, 0.25) is 0 Å². The second-order valence-electron chi connectivity index (χ2n) is 4.06. The van der Waals surface area contributed by atoms with Crippen LogP contribution in [0.5, 0.6) is 0 Å². The molecule has 2 rings (SSSR count). The third-order valence-corrected chi connectivity index (χ3v) is 3.11. The van der Waals surface area contributed by atoms with Gasteiger partial charge >= 0.3 is 0 Å². The van der Waals surface area contributed by atoms with Gasteiger partial charge in [-0.25, -0.2) is 4.98 Å². The molecule has 1 atom stereocenters. The van der Waals surface area contributed by atoms with E-state index in [4.69, 9.17) is 0 Å². The fourth-order valence-electron chi connectivity index (χ4n) is 2.35. The van der Waals surface area contributed by atoms with Crippen LogP contribution in [0.15, 0.2) is 12.4 Å². The molecule has 1 fully saturated rings. The molecule has 1 unspecified atom stereocenters. The van der Waals surface area contributed by atoms with E-state index < -0.39 is 0 Å². The molecule has 2 heterocycles. The maximum Gasteiger partial charge on any atom is 0.205 e. The molecule has 0 spiro atoms. The molecule has 1 aliphatic rings. The van der Waals surface area contributed by atoms with E-state index in [1.54, 1.807) is 0 Å². The SMILES string of the molecule is CCn1ccnc1N1CCCC1CNC. The Labute approximate surface area is 91.3 Å². The Morgan fingerprint density at radius 1 is 1.60 bits per heavy atom. The quantitative estimate of drug-likeness (QED) is 0.804. The smallest absolute Gasteiger partial charge is 0.205 e. The highest BCUT2D eigenvalue weighted by Gasteiger charge is 2.26. The molecular weight excluding hydrogens is 188 g/mol. The monoisotopic (exact) mass is 208 g/mol. The summed E-state index contributed by atoms with van der Waals surface area (Å²) in [5.41, 5.74) is 0. The largest absolute Gasteiger partial charge is 0.338 e. The summed E-state index contributed by atoms with van der Waals surface area (Å²) in [4.78, 5) is 6.89. The van der Waals surface area contributed by atoms with Crippen molar-refractivity contribution in [3.05, 3.63) is 12.4 Å². The van der Waals surface area contributed by atoms with E-state index in [1.165, 1.54) is 12.8 Å². The highest BCUT2D eigenvalue weighted by atomic mass is 15.3. The zero-order valence-electron chi connectivity index (χ0n) is 9.61. The van der Waals surface area contributed by atoms with Gasteiger partial charge in [-0.2, -0.15) is 0 Å². The Hall–Kier alpha value is -1.03. The summed E-state index contributed by atoms with van der Waals surface area (Å²) >= 11 is 0. The average Bonchev–Trinajstić information content (AvgIpc) is 2.84. The second kappa shape index (κ2) is 4.66. The van der Waals surface area contributed by atoms with Crippen molar-refractivity contribution in [1.29, 1.82) is 0 Å². The van der Waals surface area contributed by atoms with Gasteiger partial charge in [0, 0.05) is 38.1 Å². The molecule has 84 valence electrons. The first-order valence-corrected chi connectivity index (χ1v) is 5.79. The first-order valence-electron chi connectivity index (χ1n) is 5.79. The first kappa shape index (κ1) is 10.5. The summed E-state index contributed by atoms with van der Waals surface area (Å²) in [5.74, 6) is 1.13. The molecule has 1 aromatic rings. The van der Waals surface area contributed by atoms with Gasteiger partial charge in [0.15, 0.2) is 0 Å². The van der Waals surface area contributed by atoms with Crippen LogP contribution in [-0.2, 0) is 6.54 Å². The van der Waals surface area contributed by atoms with Crippen LogP contribution in [0, 0.1) is 0 Å². The second-order valence-corrected chi connectivity index (χ2v) is 4.06. The molecule has 1 N–H and O–H groups in total. The normalized spacial score (nSPS) is 21.2. The minimum Gasteiger partial charge on any atom is -0.338 e. The molecule has 0 saturated carbocycles. The number of nitrogens with zero attached hydrogens (tertiary/aromatic N) is 3. The standard InChI is InChI=1S/C11H20N4/c1-3-14-8-6-13-11(14)15-7-4-5-10(15)9-12-2/h6,8,10,12H,3-5,7,9H2,1-2H3. The number of anilines is 1. The Bertz CT molecular complexity index is 307. The van der Waals surface area contributed by atoms with Crippen molar-refractivity contribution in [3.8, 4) is 0 Å². The van der Waals surface area contributed by atoms with Crippen LogP contribution < -0.4 is 10.2 Å². The number of nitrogens with one attached hydrogen (secondary N) is 1. The molecule has 0 bridgehead atoms. The van der Waals surface area contributed by atoms with Crippen molar-refractivity contribution in [2.24, 2.45) is 0 Å². The van der Waals surface area contributed by atoms with Gasteiger partial charge in [-0.1, -0.05) is 0 Å². The van der Waals surface area contributed by atoms with Gasteiger partial charge in [-0.3, -0.25) is 0 Å². The molecule has 15 heavy (non-hydrogen) atoms. The first-order chi connectivity index (χ1) is 7.36. The molecule has 1 aromatic heterocycles. The lowest BCUT2D eigenvalue weighted by molar-refractivity contribution is 0.594. The van der Waals surface area contributed by atoms with Gasteiger partial charge in [0.2, 0.25) is 5.95 Å². The van der Waals surface area contributed by atoms with Gasteiger partial charge in [-0.15, -0.1) is 0 Å². The van der Waals surface area contributed by atoms with Crippen LogP contribution in [0.25, 0.3) is 0 Å². The molecule has 0 aliphatic carbocycles. The maximum absolute atomic E-state index is 4.46. The molecule has 0 radical (unpaired) electrons. The minimum atomic E-state index is 0.614. The summed E-state index contributed by atoms with van der Waals surface area (Å²) in [6.07, 6.45) is 6.51. The van der Waals surface area contributed by atoms with Crippen molar-refractivity contribution in [2.45, 2.75) is 32.4 Å². The number of likely N-dealkylation sites (N-methyl/N-ethyl adjacent to an activating group) is 1.